The van der Waals surface area contributed by atoms with E-state index in [0.717, 1.165) is 36.2 Å². The first-order valence-electron chi connectivity index (χ1n) is 5.52. The van der Waals surface area contributed by atoms with Crippen molar-refractivity contribution in [3.8, 4) is 0 Å². The van der Waals surface area contributed by atoms with Gasteiger partial charge < -0.3 is 15.6 Å². The van der Waals surface area contributed by atoms with Crippen LogP contribution < -0.4 is 5.73 Å². The fourth-order valence-corrected chi connectivity index (χ4v) is 2.43. The van der Waals surface area contributed by atoms with Crippen LogP contribution >= 0.6 is 0 Å². The SMILES string of the molecule is CN1CCC(c2nc(N)cc3[nH]cnc23)C1. The molecule has 0 bridgehead atoms. The minimum absolute atomic E-state index is 0.458. The number of hydrogen-bond acceptors (Lipinski definition) is 4. The predicted octanol–water partition coefficient (Wildman–Crippen LogP) is 0.959. The number of hydrogen-bond donors (Lipinski definition) is 2. The summed E-state index contributed by atoms with van der Waals surface area (Å²) in [5.41, 5.74) is 8.81. The number of likely N-dealkylation sites (N-methyl/N-ethyl adjacent to an activating group) is 1. The van der Waals surface area contributed by atoms with Crippen LogP contribution in [-0.4, -0.2) is 40.0 Å². The smallest absolute Gasteiger partial charge is 0.125 e. The van der Waals surface area contributed by atoms with Gasteiger partial charge in [-0.3, -0.25) is 0 Å². The second kappa shape index (κ2) is 3.45. The van der Waals surface area contributed by atoms with Crippen LogP contribution in [0.15, 0.2) is 12.4 Å². The van der Waals surface area contributed by atoms with Crippen molar-refractivity contribution in [1.82, 2.24) is 19.9 Å². The Morgan fingerprint density at radius 3 is 3.19 bits per heavy atom. The Bertz CT molecular complexity index is 518. The molecule has 1 fully saturated rings. The van der Waals surface area contributed by atoms with Gasteiger partial charge in [0.15, 0.2) is 0 Å². The van der Waals surface area contributed by atoms with Crippen molar-refractivity contribution in [2.45, 2.75) is 12.3 Å². The topological polar surface area (TPSA) is 70.8 Å². The van der Waals surface area contributed by atoms with Crippen LogP contribution in [0.2, 0.25) is 0 Å². The zero-order valence-corrected chi connectivity index (χ0v) is 9.27. The number of H-pyrrole nitrogens is 1. The van der Waals surface area contributed by atoms with Gasteiger partial charge in [-0.1, -0.05) is 0 Å². The largest absolute Gasteiger partial charge is 0.384 e. The third kappa shape index (κ3) is 1.44. The average Bonchev–Trinajstić information content (AvgIpc) is 2.84. The zero-order chi connectivity index (χ0) is 11.1. The summed E-state index contributed by atoms with van der Waals surface area (Å²) < 4.78 is 0. The van der Waals surface area contributed by atoms with Gasteiger partial charge in [0.1, 0.15) is 11.3 Å². The van der Waals surface area contributed by atoms with Gasteiger partial charge in [-0.05, 0) is 20.0 Å². The number of nitrogen functional groups attached to an aromatic ring is 1. The highest BCUT2D eigenvalue weighted by molar-refractivity contribution is 5.79. The molecule has 5 nitrogen and oxygen atoms in total. The maximum atomic E-state index is 5.81. The highest BCUT2D eigenvalue weighted by atomic mass is 15.1. The van der Waals surface area contributed by atoms with E-state index >= 15 is 0 Å². The molecule has 1 saturated heterocycles. The van der Waals surface area contributed by atoms with E-state index in [1.165, 1.54) is 0 Å². The first kappa shape index (κ1) is 9.59. The molecule has 1 atom stereocenters. The number of anilines is 1. The molecule has 0 amide bonds. The molecule has 5 heteroatoms. The van der Waals surface area contributed by atoms with Crippen LogP contribution in [0.3, 0.4) is 0 Å². The second-order valence-corrected chi connectivity index (χ2v) is 4.48. The summed E-state index contributed by atoms with van der Waals surface area (Å²) in [6, 6.07) is 1.84. The summed E-state index contributed by atoms with van der Waals surface area (Å²) in [4.78, 5) is 14.2. The van der Waals surface area contributed by atoms with Crippen molar-refractivity contribution >= 4 is 16.9 Å². The lowest BCUT2D eigenvalue weighted by atomic mass is 10.0. The number of likely N-dealkylation sites (tertiary alicyclic amines) is 1. The third-order valence-corrected chi connectivity index (χ3v) is 3.23. The lowest BCUT2D eigenvalue weighted by Crippen LogP contribution is -2.14. The van der Waals surface area contributed by atoms with E-state index in [9.17, 15) is 0 Å². The monoisotopic (exact) mass is 217 g/mol. The summed E-state index contributed by atoms with van der Waals surface area (Å²) in [7, 11) is 2.13. The molecule has 3 rings (SSSR count). The number of rotatable bonds is 1. The molecule has 16 heavy (non-hydrogen) atoms. The van der Waals surface area contributed by atoms with E-state index in [2.05, 4.69) is 26.9 Å². The highest BCUT2D eigenvalue weighted by Crippen LogP contribution is 2.29. The third-order valence-electron chi connectivity index (χ3n) is 3.23. The molecule has 1 aliphatic heterocycles. The van der Waals surface area contributed by atoms with Crippen LogP contribution in [-0.2, 0) is 0 Å². The predicted molar refractivity (Wildman–Crippen MR) is 63.2 cm³/mol. The standard InChI is InChI=1S/C11H15N5/c1-16-3-2-7(5-16)10-11-8(13-6-14-11)4-9(12)15-10/h4,6-7H,2-3,5H2,1H3,(H2,12,15)(H,13,14). The van der Waals surface area contributed by atoms with Crippen molar-refractivity contribution in [1.29, 1.82) is 0 Å². The van der Waals surface area contributed by atoms with Gasteiger partial charge in [-0.2, -0.15) is 0 Å². The normalized spacial score (nSPS) is 21.9. The zero-order valence-electron chi connectivity index (χ0n) is 9.27. The van der Waals surface area contributed by atoms with Crippen molar-refractivity contribution in [2.75, 3.05) is 25.9 Å². The molecule has 1 unspecified atom stereocenters. The Morgan fingerprint density at radius 2 is 2.44 bits per heavy atom. The molecule has 0 aliphatic carbocycles. The number of aromatic amines is 1. The van der Waals surface area contributed by atoms with Gasteiger partial charge in [0.25, 0.3) is 0 Å². The number of nitrogens with zero attached hydrogens (tertiary/aromatic N) is 3. The molecule has 0 radical (unpaired) electrons. The van der Waals surface area contributed by atoms with Crippen molar-refractivity contribution in [3.63, 3.8) is 0 Å². The summed E-state index contributed by atoms with van der Waals surface area (Å²) in [6.45, 7) is 2.16. The number of pyridine rings is 1. The lowest BCUT2D eigenvalue weighted by molar-refractivity contribution is 0.411. The van der Waals surface area contributed by atoms with Gasteiger partial charge >= 0.3 is 0 Å². The molecular weight excluding hydrogens is 202 g/mol. The molecule has 3 heterocycles. The van der Waals surface area contributed by atoms with E-state index < -0.39 is 0 Å². The first-order chi connectivity index (χ1) is 7.74. The van der Waals surface area contributed by atoms with Gasteiger partial charge in [-0.15, -0.1) is 0 Å². The molecule has 0 aromatic carbocycles. The highest BCUT2D eigenvalue weighted by Gasteiger charge is 2.25. The maximum absolute atomic E-state index is 5.81. The van der Waals surface area contributed by atoms with Gasteiger partial charge in [-0.25, -0.2) is 9.97 Å². The van der Waals surface area contributed by atoms with E-state index in [0.29, 0.717) is 11.7 Å². The minimum Gasteiger partial charge on any atom is -0.384 e. The van der Waals surface area contributed by atoms with Gasteiger partial charge in [0.2, 0.25) is 0 Å². The molecular formula is C11H15N5. The fourth-order valence-electron chi connectivity index (χ4n) is 2.43. The van der Waals surface area contributed by atoms with Crippen molar-refractivity contribution in [2.24, 2.45) is 0 Å². The summed E-state index contributed by atoms with van der Waals surface area (Å²) >= 11 is 0. The molecule has 3 N–H and O–H groups in total. The Morgan fingerprint density at radius 1 is 1.56 bits per heavy atom. The van der Waals surface area contributed by atoms with Crippen LogP contribution in [0.1, 0.15) is 18.0 Å². The van der Waals surface area contributed by atoms with Crippen LogP contribution in [0.5, 0.6) is 0 Å². The van der Waals surface area contributed by atoms with E-state index in [-0.39, 0.29) is 0 Å². The molecule has 2 aromatic rings. The Kier molecular flexibility index (Phi) is 2.07. The number of fused-ring (bicyclic) bond motifs is 1. The summed E-state index contributed by atoms with van der Waals surface area (Å²) in [6.07, 6.45) is 2.84. The second-order valence-electron chi connectivity index (χ2n) is 4.48. The Balaban J connectivity index is 2.11. The number of imidazole rings is 1. The van der Waals surface area contributed by atoms with E-state index in [1.807, 2.05) is 6.07 Å². The maximum Gasteiger partial charge on any atom is 0.125 e. The summed E-state index contributed by atoms with van der Waals surface area (Å²) in [5, 5.41) is 0. The van der Waals surface area contributed by atoms with Crippen LogP contribution in [0, 0.1) is 0 Å². The van der Waals surface area contributed by atoms with E-state index in [1.54, 1.807) is 6.33 Å². The van der Waals surface area contributed by atoms with Gasteiger partial charge in [0, 0.05) is 18.5 Å². The van der Waals surface area contributed by atoms with Gasteiger partial charge in [0.05, 0.1) is 17.5 Å². The number of nitrogens with one attached hydrogen (secondary N) is 1. The molecule has 0 spiro atoms. The van der Waals surface area contributed by atoms with Crippen molar-refractivity contribution < 1.29 is 0 Å². The van der Waals surface area contributed by atoms with E-state index in [4.69, 9.17) is 5.73 Å². The summed E-state index contributed by atoms with van der Waals surface area (Å²) in [5.74, 6) is 1.03. The number of aromatic nitrogens is 3. The van der Waals surface area contributed by atoms with Crippen LogP contribution in [0.25, 0.3) is 11.0 Å². The Labute approximate surface area is 93.7 Å². The van der Waals surface area contributed by atoms with Crippen LogP contribution in [0.4, 0.5) is 5.82 Å². The Hall–Kier alpha value is -1.62. The molecule has 2 aromatic heterocycles. The number of nitrogens with two attached hydrogens (primary N) is 1. The lowest BCUT2D eigenvalue weighted by Gasteiger charge is -2.11. The van der Waals surface area contributed by atoms with Crippen molar-refractivity contribution in [3.05, 3.63) is 18.1 Å². The molecule has 1 aliphatic rings. The first-order valence-corrected chi connectivity index (χ1v) is 5.52. The minimum atomic E-state index is 0.458. The molecule has 0 saturated carbocycles. The fraction of sp³-hybridized carbons (Fsp3) is 0.455. The average molecular weight is 217 g/mol. The quantitative estimate of drug-likeness (QED) is 0.746. The molecule has 84 valence electrons.